The van der Waals surface area contributed by atoms with Gasteiger partial charge in [-0.1, -0.05) is 57.2 Å². The van der Waals surface area contributed by atoms with Gasteiger partial charge in [0.2, 0.25) is 11.8 Å². The van der Waals surface area contributed by atoms with Crippen LogP contribution < -0.4 is 10.6 Å². The van der Waals surface area contributed by atoms with Gasteiger partial charge in [0, 0.05) is 23.4 Å². The van der Waals surface area contributed by atoms with Crippen LogP contribution in [-0.2, 0) is 14.3 Å². The van der Waals surface area contributed by atoms with E-state index in [1.165, 1.54) is 4.90 Å². The van der Waals surface area contributed by atoms with Crippen molar-refractivity contribution < 1.29 is 24.2 Å². The highest BCUT2D eigenvalue weighted by Crippen LogP contribution is 2.33. The summed E-state index contributed by atoms with van der Waals surface area (Å²) in [5.74, 6) is -0.898. The van der Waals surface area contributed by atoms with Crippen molar-refractivity contribution >= 4 is 30.5 Å². The van der Waals surface area contributed by atoms with Crippen molar-refractivity contribution in [2.45, 2.75) is 117 Å². The Labute approximate surface area is 234 Å². The lowest BCUT2D eigenvalue weighted by molar-refractivity contribution is -0.142. The third-order valence-corrected chi connectivity index (χ3v) is 6.19. The highest BCUT2D eigenvalue weighted by Gasteiger charge is 2.38. The second-order valence-electron chi connectivity index (χ2n) is 11.8. The SMILES string of the molecule is CCCCCCCCN(C(=O)C(CS)NC(=O)OC(C)(C)C)C(C(=O)NC(C)(C)C)c1cccc(C)c1O. The Morgan fingerprint density at radius 3 is 2.18 bits per heavy atom. The number of para-hydroxylation sites is 1. The third-order valence-electron chi connectivity index (χ3n) is 5.83. The molecule has 0 heterocycles. The van der Waals surface area contributed by atoms with Crippen LogP contribution in [0.15, 0.2) is 18.2 Å². The molecule has 0 aliphatic rings. The molecule has 2 unspecified atom stereocenters. The van der Waals surface area contributed by atoms with Crippen LogP contribution in [-0.4, -0.2) is 57.4 Å². The van der Waals surface area contributed by atoms with Crippen molar-refractivity contribution in [3.05, 3.63) is 29.3 Å². The summed E-state index contributed by atoms with van der Waals surface area (Å²) in [7, 11) is 0. The topological polar surface area (TPSA) is 108 Å². The first kappa shape index (κ1) is 33.6. The minimum Gasteiger partial charge on any atom is -0.507 e. The number of amides is 3. The zero-order valence-corrected chi connectivity index (χ0v) is 25.4. The molecule has 3 amide bonds. The fraction of sp³-hybridized carbons (Fsp3) is 0.690. The Balaban J connectivity index is 3.45. The van der Waals surface area contributed by atoms with E-state index in [1.54, 1.807) is 45.9 Å². The van der Waals surface area contributed by atoms with Gasteiger partial charge in [-0.2, -0.15) is 12.6 Å². The molecule has 0 bridgehead atoms. The number of unbranched alkanes of at least 4 members (excludes halogenated alkanes) is 5. The molecular weight excluding hydrogens is 502 g/mol. The number of phenols is 1. The number of nitrogens with zero attached hydrogens (tertiary/aromatic N) is 1. The maximum Gasteiger partial charge on any atom is 0.408 e. The molecule has 0 saturated carbocycles. The number of phenolic OH excluding ortho intramolecular Hbond substituents is 1. The highest BCUT2D eigenvalue weighted by atomic mass is 32.1. The van der Waals surface area contributed by atoms with Gasteiger partial charge in [0.1, 0.15) is 23.4 Å². The van der Waals surface area contributed by atoms with Gasteiger partial charge in [-0.15, -0.1) is 0 Å². The van der Waals surface area contributed by atoms with Crippen LogP contribution in [0, 0.1) is 6.92 Å². The van der Waals surface area contributed by atoms with E-state index in [0.717, 1.165) is 32.1 Å². The van der Waals surface area contributed by atoms with Crippen molar-refractivity contribution in [2.75, 3.05) is 12.3 Å². The normalized spacial score (nSPS) is 13.4. The van der Waals surface area contributed by atoms with Crippen LogP contribution in [0.25, 0.3) is 0 Å². The van der Waals surface area contributed by atoms with Gasteiger partial charge in [-0.25, -0.2) is 4.79 Å². The molecule has 0 fully saturated rings. The number of nitrogens with one attached hydrogen (secondary N) is 2. The van der Waals surface area contributed by atoms with Crippen LogP contribution >= 0.6 is 12.6 Å². The number of ether oxygens (including phenoxy) is 1. The van der Waals surface area contributed by atoms with Gasteiger partial charge in [-0.3, -0.25) is 9.59 Å². The van der Waals surface area contributed by atoms with E-state index >= 15 is 0 Å². The minimum atomic E-state index is -1.10. The summed E-state index contributed by atoms with van der Waals surface area (Å²) in [5.41, 5.74) is -0.377. The first-order valence-electron chi connectivity index (χ1n) is 13.6. The number of hydrogen-bond acceptors (Lipinski definition) is 6. The molecule has 8 nitrogen and oxygen atoms in total. The first-order chi connectivity index (χ1) is 17.6. The molecular formula is C29H49N3O5S. The van der Waals surface area contributed by atoms with E-state index in [-0.39, 0.29) is 18.0 Å². The van der Waals surface area contributed by atoms with Crippen LogP contribution in [0.2, 0.25) is 0 Å². The van der Waals surface area contributed by atoms with Gasteiger partial charge in [0.15, 0.2) is 0 Å². The average molecular weight is 552 g/mol. The number of alkyl carbamates (subject to hydrolysis) is 1. The smallest absolute Gasteiger partial charge is 0.408 e. The summed E-state index contributed by atoms with van der Waals surface area (Å²) in [6, 6.07) is 3.04. The van der Waals surface area contributed by atoms with Crippen molar-refractivity contribution in [2.24, 2.45) is 0 Å². The van der Waals surface area contributed by atoms with E-state index in [9.17, 15) is 19.5 Å². The Morgan fingerprint density at radius 2 is 1.63 bits per heavy atom. The number of rotatable bonds is 13. The number of hydrogen-bond donors (Lipinski definition) is 4. The van der Waals surface area contributed by atoms with Crippen molar-refractivity contribution in [1.82, 2.24) is 15.5 Å². The van der Waals surface area contributed by atoms with Crippen molar-refractivity contribution in [3.63, 3.8) is 0 Å². The molecule has 0 aliphatic carbocycles. The maximum atomic E-state index is 14.0. The molecule has 38 heavy (non-hydrogen) atoms. The summed E-state index contributed by atoms with van der Waals surface area (Å²) in [5, 5.41) is 16.6. The van der Waals surface area contributed by atoms with Crippen molar-refractivity contribution in [3.8, 4) is 5.75 Å². The zero-order valence-electron chi connectivity index (χ0n) is 24.5. The summed E-state index contributed by atoms with van der Waals surface area (Å²) < 4.78 is 5.36. The predicted molar refractivity (Wildman–Crippen MR) is 156 cm³/mol. The fourth-order valence-corrected chi connectivity index (χ4v) is 4.30. The van der Waals surface area contributed by atoms with E-state index in [2.05, 4.69) is 30.2 Å². The van der Waals surface area contributed by atoms with Gasteiger partial charge in [-0.05, 0) is 60.5 Å². The monoisotopic (exact) mass is 551 g/mol. The average Bonchev–Trinajstić information content (AvgIpc) is 2.78. The van der Waals surface area contributed by atoms with E-state index in [4.69, 9.17) is 4.74 Å². The lowest BCUT2D eigenvalue weighted by Crippen LogP contribution is -2.55. The Hall–Kier alpha value is -2.42. The van der Waals surface area contributed by atoms with E-state index in [0.29, 0.717) is 17.5 Å². The second-order valence-corrected chi connectivity index (χ2v) is 12.2. The third kappa shape index (κ3) is 11.5. The quantitative estimate of drug-likeness (QED) is 0.187. The lowest BCUT2D eigenvalue weighted by Gasteiger charge is -2.36. The largest absolute Gasteiger partial charge is 0.507 e. The molecule has 1 aromatic carbocycles. The Kier molecular flexibility index (Phi) is 13.5. The highest BCUT2D eigenvalue weighted by molar-refractivity contribution is 7.80. The number of aromatic hydroxyl groups is 1. The number of benzene rings is 1. The summed E-state index contributed by atoms with van der Waals surface area (Å²) in [4.78, 5) is 41.7. The Morgan fingerprint density at radius 1 is 1.03 bits per heavy atom. The molecule has 2 atom stereocenters. The number of carbonyl (C=O) groups is 3. The molecule has 1 rings (SSSR count). The van der Waals surface area contributed by atoms with Gasteiger partial charge in [0.25, 0.3) is 0 Å². The second kappa shape index (κ2) is 15.2. The van der Waals surface area contributed by atoms with Crippen LogP contribution in [0.4, 0.5) is 4.79 Å². The zero-order chi connectivity index (χ0) is 29.1. The summed E-state index contributed by atoms with van der Waals surface area (Å²) >= 11 is 4.33. The molecule has 0 saturated heterocycles. The van der Waals surface area contributed by atoms with Crippen LogP contribution in [0.1, 0.15) is 104 Å². The molecule has 216 valence electrons. The molecule has 9 heteroatoms. The predicted octanol–water partition coefficient (Wildman–Crippen LogP) is 5.67. The van der Waals surface area contributed by atoms with Crippen molar-refractivity contribution in [1.29, 1.82) is 0 Å². The molecule has 0 radical (unpaired) electrons. The van der Waals surface area contributed by atoms with Crippen LogP contribution in [0.5, 0.6) is 5.75 Å². The van der Waals surface area contributed by atoms with E-state index in [1.807, 2.05) is 20.8 Å². The summed E-state index contributed by atoms with van der Waals surface area (Å²) in [6.07, 6.45) is 5.24. The number of aryl methyl sites for hydroxylation is 1. The van der Waals surface area contributed by atoms with E-state index < -0.39 is 41.1 Å². The molecule has 1 aromatic rings. The lowest BCUT2D eigenvalue weighted by atomic mass is 9.97. The number of thiol groups is 1. The molecule has 3 N–H and O–H groups in total. The molecule has 0 aliphatic heterocycles. The standard InChI is InChI=1S/C29H49N3O5S/c1-9-10-11-12-13-14-18-32(26(35)22(19-38)30-27(36)37-29(6,7)8)23(25(34)31-28(3,4)5)21-17-15-16-20(2)24(21)33/h15-17,22-23,33,38H,9-14,18-19H2,1-8H3,(H,30,36)(H,31,34). The first-order valence-corrected chi connectivity index (χ1v) is 14.3. The fourth-order valence-electron chi connectivity index (χ4n) is 4.06. The van der Waals surface area contributed by atoms with Gasteiger partial charge < -0.3 is 25.4 Å². The van der Waals surface area contributed by atoms with Crippen LogP contribution in [0.3, 0.4) is 0 Å². The molecule has 0 aromatic heterocycles. The molecule has 0 spiro atoms. The summed E-state index contributed by atoms with van der Waals surface area (Å²) in [6.45, 7) is 15.0. The Bertz CT molecular complexity index is 924. The van der Waals surface area contributed by atoms with Gasteiger partial charge in [0.05, 0.1) is 0 Å². The maximum absolute atomic E-state index is 14.0. The van der Waals surface area contributed by atoms with Gasteiger partial charge >= 0.3 is 6.09 Å². The minimum absolute atomic E-state index is 0.0124. The number of carbonyl (C=O) groups excluding carboxylic acids is 3.